The van der Waals surface area contributed by atoms with Crippen LogP contribution in [0.25, 0.3) is 22.6 Å². The van der Waals surface area contributed by atoms with Crippen LogP contribution in [-0.4, -0.2) is 19.7 Å². The van der Waals surface area contributed by atoms with Crippen molar-refractivity contribution >= 4 is 0 Å². The maximum Gasteiger partial charge on any atom is 0.143 e. The normalized spacial score (nSPS) is 10.8. The Labute approximate surface area is 105 Å². The lowest BCUT2D eigenvalue weighted by molar-refractivity contribution is 0.925. The average Bonchev–Trinajstić information content (AvgIpc) is 2.98. The lowest BCUT2D eigenvalue weighted by atomic mass is 10.1. The molecule has 0 spiro atoms. The van der Waals surface area contributed by atoms with Crippen LogP contribution in [0.5, 0.6) is 0 Å². The van der Waals surface area contributed by atoms with Crippen LogP contribution in [0.2, 0.25) is 0 Å². The van der Waals surface area contributed by atoms with Crippen molar-refractivity contribution in [1.82, 2.24) is 19.7 Å². The molecule has 3 rings (SSSR count). The zero-order valence-corrected chi connectivity index (χ0v) is 10.4. The number of hydrogen-bond donors (Lipinski definition) is 1. The third-order valence-corrected chi connectivity index (χ3v) is 3.04. The SMILES string of the molecule is Cc1ccc(-c2[nH]ncc2-c2nccn2C)cc1. The van der Waals surface area contributed by atoms with Crippen molar-refractivity contribution in [3.63, 3.8) is 0 Å². The van der Waals surface area contributed by atoms with Crippen LogP contribution in [0, 0.1) is 6.92 Å². The number of nitrogens with one attached hydrogen (secondary N) is 1. The molecule has 4 nitrogen and oxygen atoms in total. The molecule has 0 amide bonds. The Bertz CT molecular complexity index is 661. The fraction of sp³-hybridized carbons (Fsp3) is 0.143. The predicted octanol–water partition coefficient (Wildman–Crippen LogP) is 2.79. The van der Waals surface area contributed by atoms with Crippen molar-refractivity contribution < 1.29 is 0 Å². The second-order valence-corrected chi connectivity index (χ2v) is 4.39. The van der Waals surface area contributed by atoms with Crippen molar-refractivity contribution in [2.24, 2.45) is 7.05 Å². The molecule has 0 unspecified atom stereocenters. The zero-order chi connectivity index (χ0) is 12.5. The number of aromatic amines is 1. The molecule has 2 aromatic heterocycles. The summed E-state index contributed by atoms with van der Waals surface area (Å²) >= 11 is 0. The van der Waals surface area contributed by atoms with Gasteiger partial charge in [-0.2, -0.15) is 5.10 Å². The van der Waals surface area contributed by atoms with Gasteiger partial charge in [0, 0.05) is 25.0 Å². The fourth-order valence-corrected chi connectivity index (χ4v) is 2.02. The summed E-state index contributed by atoms with van der Waals surface area (Å²) in [6, 6.07) is 8.38. The van der Waals surface area contributed by atoms with E-state index in [-0.39, 0.29) is 0 Å². The number of rotatable bonds is 2. The summed E-state index contributed by atoms with van der Waals surface area (Å²) in [5.41, 5.74) is 4.39. The maximum atomic E-state index is 4.36. The summed E-state index contributed by atoms with van der Waals surface area (Å²) in [6.07, 6.45) is 5.54. The number of H-pyrrole nitrogens is 1. The lowest BCUT2D eigenvalue weighted by Gasteiger charge is -2.04. The van der Waals surface area contributed by atoms with E-state index in [1.54, 1.807) is 6.20 Å². The van der Waals surface area contributed by atoms with Crippen LogP contribution < -0.4 is 0 Å². The molecule has 3 aromatic rings. The highest BCUT2D eigenvalue weighted by Gasteiger charge is 2.12. The van der Waals surface area contributed by atoms with Crippen molar-refractivity contribution in [1.29, 1.82) is 0 Å². The van der Waals surface area contributed by atoms with Crippen molar-refractivity contribution in [2.45, 2.75) is 6.92 Å². The Hall–Kier alpha value is -2.36. The van der Waals surface area contributed by atoms with Gasteiger partial charge in [0.05, 0.1) is 17.5 Å². The van der Waals surface area contributed by atoms with Gasteiger partial charge >= 0.3 is 0 Å². The summed E-state index contributed by atoms with van der Waals surface area (Å²) in [5.74, 6) is 0.916. The molecule has 0 saturated heterocycles. The number of benzene rings is 1. The van der Waals surface area contributed by atoms with E-state index in [2.05, 4.69) is 46.4 Å². The van der Waals surface area contributed by atoms with Gasteiger partial charge in [-0.3, -0.25) is 5.10 Å². The smallest absolute Gasteiger partial charge is 0.143 e. The van der Waals surface area contributed by atoms with Gasteiger partial charge < -0.3 is 4.57 Å². The predicted molar refractivity (Wildman–Crippen MR) is 71.0 cm³/mol. The molecule has 18 heavy (non-hydrogen) atoms. The number of nitrogens with zero attached hydrogens (tertiary/aromatic N) is 3. The number of hydrogen-bond acceptors (Lipinski definition) is 2. The number of aromatic nitrogens is 4. The first-order valence-corrected chi connectivity index (χ1v) is 5.84. The van der Waals surface area contributed by atoms with Gasteiger partial charge in [0.25, 0.3) is 0 Å². The second kappa shape index (κ2) is 4.14. The van der Waals surface area contributed by atoms with Gasteiger partial charge in [0.1, 0.15) is 5.82 Å². The molecular formula is C14H14N4. The minimum Gasteiger partial charge on any atom is -0.334 e. The van der Waals surface area contributed by atoms with E-state index in [9.17, 15) is 0 Å². The molecule has 1 aromatic carbocycles. The third-order valence-electron chi connectivity index (χ3n) is 3.04. The number of aryl methyl sites for hydroxylation is 2. The highest BCUT2D eigenvalue weighted by atomic mass is 15.1. The van der Waals surface area contributed by atoms with Crippen LogP contribution in [0.15, 0.2) is 42.9 Å². The topological polar surface area (TPSA) is 46.5 Å². The van der Waals surface area contributed by atoms with Gasteiger partial charge in [0.15, 0.2) is 0 Å². The minimum absolute atomic E-state index is 0.916. The van der Waals surface area contributed by atoms with E-state index in [1.807, 2.05) is 24.0 Å². The highest BCUT2D eigenvalue weighted by molar-refractivity contribution is 5.77. The van der Waals surface area contributed by atoms with E-state index in [4.69, 9.17) is 0 Å². The summed E-state index contributed by atoms with van der Waals surface area (Å²) < 4.78 is 1.99. The standard InChI is InChI=1S/C14H14N4/c1-10-3-5-11(6-4-10)13-12(9-16-17-13)14-15-7-8-18(14)2/h3-9H,1-2H3,(H,16,17). The van der Waals surface area contributed by atoms with E-state index in [0.717, 1.165) is 22.6 Å². The van der Waals surface area contributed by atoms with Gasteiger partial charge in [-0.25, -0.2) is 4.98 Å². The quantitative estimate of drug-likeness (QED) is 0.746. The molecule has 0 aliphatic carbocycles. The van der Waals surface area contributed by atoms with Crippen LogP contribution in [-0.2, 0) is 7.05 Å². The summed E-state index contributed by atoms with van der Waals surface area (Å²) in [6.45, 7) is 2.08. The third kappa shape index (κ3) is 1.72. The molecule has 4 heteroatoms. The van der Waals surface area contributed by atoms with Crippen LogP contribution in [0.3, 0.4) is 0 Å². The molecule has 0 bridgehead atoms. The van der Waals surface area contributed by atoms with Crippen LogP contribution >= 0.6 is 0 Å². The zero-order valence-electron chi connectivity index (χ0n) is 10.4. The number of imidazole rings is 1. The van der Waals surface area contributed by atoms with Crippen LogP contribution in [0.1, 0.15) is 5.56 Å². The summed E-state index contributed by atoms with van der Waals surface area (Å²) in [4.78, 5) is 4.36. The van der Waals surface area contributed by atoms with Crippen molar-refractivity contribution in [2.75, 3.05) is 0 Å². The first kappa shape index (κ1) is 10.8. The maximum absolute atomic E-state index is 4.36. The second-order valence-electron chi connectivity index (χ2n) is 4.39. The molecule has 90 valence electrons. The molecule has 0 fully saturated rings. The Morgan fingerprint density at radius 1 is 1.17 bits per heavy atom. The van der Waals surface area contributed by atoms with E-state index in [1.165, 1.54) is 5.56 Å². The van der Waals surface area contributed by atoms with Crippen molar-refractivity contribution in [3.8, 4) is 22.6 Å². The van der Waals surface area contributed by atoms with Gasteiger partial charge in [-0.05, 0) is 6.92 Å². The highest BCUT2D eigenvalue weighted by Crippen LogP contribution is 2.28. The summed E-state index contributed by atoms with van der Waals surface area (Å²) in [7, 11) is 1.98. The fourth-order valence-electron chi connectivity index (χ4n) is 2.02. The van der Waals surface area contributed by atoms with E-state index < -0.39 is 0 Å². The van der Waals surface area contributed by atoms with Crippen LogP contribution in [0.4, 0.5) is 0 Å². The molecule has 0 aliphatic heterocycles. The monoisotopic (exact) mass is 238 g/mol. The first-order valence-electron chi connectivity index (χ1n) is 5.84. The van der Waals surface area contributed by atoms with Gasteiger partial charge in [0.2, 0.25) is 0 Å². The van der Waals surface area contributed by atoms with Crippen molar-refractivity contribution in [3.05, 3.63) is 48.4 Å². The molecule has 0 radical (unpaired) electrons. The molecule has 2 heterocycles. The Morgan fingerprint density at radius 3 is 2.61 bits per heavy atom. The van der Waals surface area contributed by atoms with E-state index in [0.29, 0.717) is 0 Å². The molecule has 0 saturated carbocycles. The average molecular weight is 238 g/mol. The molecular weight excluding hydrogens is 224 g/mol. The summed E-state index contributed by atoms with van der Waals surface area (Å²) in [5, 5.41) is 7.19. The Kier molecular flexibility index (Phi) is 2.48. The Balaban J connectivity index is 2.12. The molecule has 1 N–H and O–H groups in total. The first-order chi connectivity index (χ1) is 8.75. The molecule has 0 aliphatic rings. The molecule has 0 atom stereocenters. The van der Waals surface area contributed by atoms with Gasteiger partial charge in [-0.1, -0.05) is 29.8 Å². The van der Waals surface area contributed by atoms with E-state index >= 15 is 0 Å². The van der Waals surface area contributed by atoms with Gasteiger partial charge in [-0.15, -0.1) is 0 Å². The Morgan fingerprint density at radius 2 is 1.94 bits per heavy atom. The largest absolute Gasteiger partial charge is 0.334 e. The minimum atomic E-state index is 0.916. The lowest BCUT2D eigenvalue weighted by Crippen LogP contribution is -1.92.